The maximum Gasteiger partial charge on any atom is 0.417 e. The van der Waals surface area contributed by atoms with Crippen LogP contribution in [0.3, 0.4) is 0 Å². The Kier molecular flexibility index (Phi) is 6.75. The molecular formula is C24H31F3N8O. The van der Waals surface area contributed by atoms with Crippen LogP contribution < -0.4 is 10.6 Å². The van der Waals surface area contributed by atoms with E-state index in [2.05, 4.69) is 37.9 Å². The fraction of sp³-hybridized carbons (Fsp3) is 0.542. The number of piperazine rings is 1. The molecule has 0 radical (unpaired) electrons. The monoisotopic (exact) mass is 504 g/mol. The minimum absolute atomic E-state index is 0.0365. The zero-order valence-electron chi connectivity index (χ0n) is 20.6. The Balaban J connectivity index is 1.60. The predicted octanol–water partition coefficient (Wildman–Crippen LogP) is 2.67. The summed E-state index contributed by atoms with van der Waals surface area (Å²) in [6.45, 7) is 12.2. The molecule has 2 saturated heterocycles. The Morgan fingerprint density at radius 3 is 2.39 bits per heavy atom. The van der Waals surface area contributed by atoms with E-state index in [9.17, 15) is 13.2 Å². The number of likely N-dealkylation sites (N-methyl/N-ethyl adjacent to an activating group) is 1. The molecule has 2 N–H and O–H groups in total. The molecule has 5 heterocycles. The van der Waals surface area contributed by atoms with Crippen molar-refractivity contribution in [3.05, 3.63) is 35.2 Å². The molecular weight excluding hydrogens is 473 g/mol. The first kappa shape index (κ1) is 24.7. The molecule has 0 unspecified atom stereocenters. The first-order valence-electron chi connectivity index (χ1n) is 12.2. The SMILES string of the molecule is CCN1CCN(Cc2cc3c(N4CCOCC4)nc(-c4cnc(N)cc4C(F)(F)F)nn3c2C)CC1. The molecule has 3 aromatic rings. The fourth-order valence-corrected chi connectivity index (χ4v) is 4.88. The summed E-state index contributed by atoms with van der Waals surface area (Å²) in [5.74, 6) is 0.354. The molecule has 0 spiro atoms. The van der Waals surface area contributed by atoms with Crippen LogP contribution in [0, 0.1) is 6.92 Å². The third-order valence-corrected chi connectivity index (χ3v) is 7.05. The van der Waals surface area contributed by atoms with Gasteiger partial charge in [-0.3, -0.25) is 4.90 Å². The first-order chi connectivity index (χ1) is 17.2. The molecule has 2 aliphatic heterocycles. The van der Waals surface area contributed by atoms with Gasteiger partial charge in [-0.2, -0.15) is 13.2 Å². The van der Waals surface area contributed by atoms with Crippen molar-refractivity contribution in [3.8, 4) is 11.4 Å². The molecule has 0 atom stereocenters. The van der Waals surface area contributed by atoms with Gasteiger partial charge in [-0.1, -0.05) is 6.92 Å². The molecule has 2 aliphatic rings. The van der Waals surface area contributed by atoms with Crippen molar-refractivity contribution >= 4 is 17.2 Å². The number of morpholine rings is 1. The van der Waals surface area contributed by atoms with E-state index in [0.29, 0.717) is 32.1 Å². The maximum atomic E-state index is 13.9. The molecule has 5 rings (SSSR count). The number of rotatable bonds is 5. The van der Waals surface area contributed by atoms with E-state index in [1.54, 1.807) is 4.52 Å². The van der Waals surface area contributed by atoms with E-state index < -0.39 is 11.7 Å². The third-order valence-electron chi connectivity index (χ3n) is 7.05. The van der Waals surface area contributed by atoms with Gasteiger partial charge in [0.25, 0.3) is 0 Å². The van der Waals surface area contributed by atoms with Gasteiger partial charge in [0.2, 0.25) is 0 Å². The average Bonchev–Trinajstić information content (AvgIpc) is 3.19. The van der Waals surface area contributed by atoms with Crippen LogP contribution in [0.15, 0.2) is 18.3 Å². The second-order valence-electron chi connectivity index (χ2n) is 9.27. The molecule has 0 saturated carbocycles. The lowest BCUT2D eigenvalue weighted by atomic mass is 10.1. The molecule has 12 heteroatoms. The summed E-state index contributed by atoms with van der Waals surface area (Å²) in [7, 11) is 0. The van der Waals surface area contributed by atoms with E-state index in [1.807, 2.05) is 11.8 Å². The molecule has 0 aliphatic carbocycles. The molecule has 0 amide bonds. The second kappa shape index (κ2) is 9.83. The van der Waals surface area contributed by atoms with Gasteiger partial charge < -0.3 is 20.3 Å². The standard InChI is InChI=1S/C24H31F3N8O/c1-3-32-4-6-33(7-5-32)15-17-12-20-23(34-8-10-36-11-9-34)30-22(31-35(20)16(17)2)18-14-29-21(28)13-19(18)24(25,26)27/h12-14H,3-11,15H2,1-2H3,(H2,28,29). The molecule has 0 bridgehead atoms. The lowest BCUT2D eigenvalue weighted by Gasteiger charge is -2.33. The van der Waals surface area contributed by atoms with Crippen LogP contribution in [0.5, 0.6) is 0 Å². The van der Waals surface area contributed by atoms with Crippen LogP contribution in [-0.2, 0) is 17.5 Å². The lowest BCUT2D eigenvalue weighted by Crippen LogP contribution is -2.45. The summed E-state index contributed by atoms with van der Waals surface area (Å²) in [6.07, 6.45) is -3.52. The van der Waals surface area contributed by atoms with Crippen molar-refractivity contribution in [1.82, 2.24) is 29.4 Å². The van der Waals surface area contributed by atoms with Crippen LogP contribution in [-0.4, -0.2) is 88.4 Å². The number of nitrogen functional groups attached to an aromatic ring is 1. The Hall–Kier alpha value is -2.96. The molecule has 36 heavy (non-hydrogen) atoms. The smallest absolute Gasteiger partial charge is 0.384 e. The number of alkyl halides is 3. The quantitative estimate of drug-likeness (QED) is 0.568. The summed E-state index contributed by atoms with van der Waals surface area (Å²) < 4.78 is 48.9. The fourth-order valence-electron chi connectivity index (χ4n) is 4.88. The number of nitrogens with zero attached hydrogens (tertiary/aromatic N) is 7. The van der Waals surface area contributed by atoms with Crippen molar-refractivity contribution in [1.29, 1.82) is 0 Å². The van der Waals surface area contributed by atoms with Gasteiger partial charge in [-0.15, -0.1) is 5.10 Å². The van der Waals surface area contributed by atoms with E-state index in [-0.39, 0.29) is 17.2 Å². The number of pyridine rings is 1. The summed E-state index contributed by atoms with van der Waals surface area (Å²) >= 11 is 0. The molecule has 194 valence electrons. The number of hydrogen-bond donors (Lipinski definition) is 1. The van der Waals surface area contributed by atoms with Gasteiger partial charge in [0, 0.05) is 57.7 Å². The molecule has 2 fully saturated rings. The van der Waals surface area contributed by atoms with Crippen LogP contribution in [0.1, 0.15) is 23.7 Å². The number of anilines is 2. The van der Waals surface area contributed by atoms with Crippen molar-refractivity contribution in [3.63, 3.8) is 0 Å². The van der Waals surface area contributed by atoms with E-state index in [4.69, 9.17) is 10.5 Å². The number of halogens is 3. The first-order valence-corrected chi connectivity index (χ1v) is 12.2. The average molecular weight is 505 g/mol. The zero-order chi connectivity index (χ0) is 25.4. The van der Waals surface area contributed by atoms with Crippen molar-refractivity contribution < 1.29 is 17.9 Å². The molecule has 3 aromatic heterocycles. The maximum absolute atomic E-state index is 13.9. The Morgan fingerprint density at radius 1 is 1.03 bits per heavy atom. The number of fused-ring (bicyclic) bond motifs is 1. The summed E-state index contributed by atoms with van der Waals surface area (Å²) in [5.41, 5.74) is 7.24. The van der Waals surface area contributed by atoms with E-state index in [1.165, 1.54) is 0 Å². The summed E-state index contributed by atoms with van der Waals surface area (Å²) in [4.78, 5) is 15.4. The van der Waals surface area contributed by atoms with Gasteiger partial charge in [0.15, 0.2) is 11.6 Å². The lowest BCUT2D eigenvalue weighted by molar-refractivity contribution is -0.137. The van der Waals surface area contributed by atoms with Gasteiger partial charge in [0.1, 0.15) is 11.3 Å². The molecule has 9 nitrogen and oxygen atoms in total. The third kappa shape index (κ3) is 4.84. The van der Waals surface area contributed by atoms with Crippen LogP contribution in [0.25, 0.3) is 16.9 Å². The summed E-state index contributed by atoms with van der Waals surface area (Å²) in [5, 5.41) is 4.58. The number of aromatic nitrogens is 4. The Morgan fingerprint density at radius 2 is 1.72 bits per heavy atom. The Labute approximate surface area is 207 Å². The zero-order valence-corrected chi connectivity index (χ0v) is 20.6. The van der Waals surface area contributed by atoms with Crippen LogP contribution in [0.4, 0.5) is 24.8 Å². The largest absolute Gasteiger partial charge is 0.417 e. The van der Waals surface area contributed by atoms with Gasteiger partial charge in [-0.05, 0) is 31.2 Å². The van der Waals surface area contributed by atoms with Gasteiger partial charge in [0.05, 0.1) is 24.3 Å². The number of nitrogens with two attached hydrogens (primary N) is 1. The van der Waals surface area contributed by atoms with Crippen LogP contribution in [0.2, 0.25) is 0 Å². The number of hydrogen-bond acceptors (Lipinski definition) is 8. The molecule has 0 aromatic carbocycles. The highest BCUT2D eigenvalue weighted by Crippen LogP contribution is 2.37. The van der Waals surface area contributed by atoms with E-state index >= 15 is 0 Å². The number of aryl methyl sites for hydroxylation is 1. The highest BCUT2D eigenvalue weighted by atomic mass is 19.4. The van der Waals surface area contributed by atoms with Crippen molar-refractivity contribution in [2.75, 3.05) is 69.7 Å². The highest BCUT2D eigenvalue weighted by molar-refractivity contribution is 5.74. The normalized spacial score (nSPS) is 18.3. The number of ether oxygens (including phenoxy) is 1. The van der Waals surface area contributed by atoms with E-state index in [0.717, 1.165) is 68.3 Å². The summed E-state index contributed by atoms with van der Waals surface area (Å²) in [6, 6.07) is 2.91. The Bertz CT molecular complexity index is 1230. The van der Waals surface area contributed by atoms with Gasteiger partial charge in [-0.25, -0.2) is 14.5 Å². The minimum Gasteiger partial charge on any atom is -0.384 e. The van der Waals surface area contributed by atoms with Crippen molar-refractivity contribution in [2.24, 2.45) is 0 Å². The van der Waals surface area contributed by atoms with Crippen LogP contribution >= 0.6 is 0 Å². The second-order valence-corrected chi connectivity index (χ2v) is 9.27. The minimum atomic E-state index is -4.62. The highest BCUT2D eigenvalue weighted by Gasteiger charge is 2.36. The van der Waals surface area contributed by atoms with Gasteiger partial charge >= 0.3 is 6.18 Å². The van der Waals surface area contributed by atoms with Crippen molar-refractivity contribution in [2.45, 2.75) is 26.6 Å². The topological polar surface area (TPSA) is 88.0 Å². The predicted molar refractivity (Wildman–Crippen MR) is 131 cm³/mol.